The molecule has 2 aromatic rings. The zero-order chi connectivity index (χ0) is 14.7. The highest BCUT2D eigenvalue weighted by Gasteiger charge is 2.29. The Kier molecular flexibility index (Phi) is 3.86. The summed E-state index contributed by atoms with van der Waals surface area (Å²) in [6, 6.07) is 13.5. The third kappa shape index (κ3) is 3.81. The first kappa shape index (κ1) is 13.6. The molecule has 1 aliphatic rings. The molecule has 21 heavy (non-hydrogen) atoms. The van der Waals surface area contributed by atoms with Gasteiger partial charge in [0, 0.05) is 11.6 Å². The van der Waals surface area contributed by atoms with Gasteiger partial charge in [0.2, 0.25) is 5.91 Å². The quantitative estimate of drug-likeness (QED) is 0.908. The summed E-state index contributed by atoms with van der Waals surface area (Å²) in [5.41, 5.74) is 1.55. The smallest absolute Gasteiger partial charge is 0.227 e. The Hall–Kier alpha value is -2.36. The molecule has 0 radical (unpaired) electrons. The van der Waals surface area contributed by atoms with Crippen molar-refractivity contribution >= 4 is 11.6 Å². The van der Waals surface area contributed by atoms with Crippen LogP contribution in [-0.4, -0.2) is 5.91 Å². The standard InChI is InChI=1S/C17H16FNO2/c18-14-3-1-2-12(10-14)11-21-16-8-6-15(7-9-16)19-17(20)13-4-5-13/h1-3,6-10,13H,4-5,11H2,(H,19,20). The molecule has 3 rings (SSSR count). The van der Waals surface area contributed by atoms with Gasteiger partial charge in [-0.2, -0.15) is 0 Å². The minimum Gasteiger partial charge on any atom is -0.489 e. The average molecular weight is 285 g/mol. The Bertz CT molecular complexity index is 635. The zero-order valence-corrected chi connectivity index (χ0v) is 11.5. The molecule has 0 heterocycles. The lowest BCUT2D eigenvalue weighted by Gasteiger charge is -2.08. The van der Waals surface area contributed by atoms with Crippen LogP contribution in [0.3, 0.4) is 0 Å². The van der Waals surface area contributed by atoms with E-state index in [1.165, 1.54) is 12.1 Å². The summed E-state index contributed by atoms with van der Waals surface area (Å²) in [5.74, 6) is 0.690. The van der Waals surface area contributed by atoms with Gasteiger partial charge >= 0.3 is 0 Å². The minimum absolute atomic E-state index is 0.0865. The fraction of sp³-hybridized carbons (Fsp3) is 0.235. The molecular weight excluding hydrogens is 269 g/mol. The zero-order valence-electron chi connectivity index (χ0n) is 11.5. The van der Waals surface area contributed by atoms with Gasteiger partial charge in [-0.15, -0.1) is 0 Å². The van der Waals surface area contributed by atoms with Gasteiger partial charge in [-0.05, 0) is 54.8 Å². The lowest BCUT2D eigenvalue weighted by molar-refractivity contribution is -0.117. The second kappa shape index (κ2) is 5.95. The number of ether oxygens (including phenoxy) is 1. The highest BCUT2D eigenvalue weighted by Crippen LogP contribution is 2.30. The summed E-state index contributed by atoms with van der Waals surface area (Å²) in [5, 5.41) is 2.87. The molecule has 2 aromatic carbocycles. The molecule has 1 aliphatic carbocycles. The van der Waals surface area contributed by atoms with E-state index in [0.717, 1.165) is 24.1 Å². The summed E-state index contributed by atoms with van der Waals surface area (Å²) in [7, 11) is 0. The Morgan fingerprint density at radius 1 is 1.19 bits per heavy atom. The predicted molar refractivity (Wildman–Crippen MR) is 78.5 cm³/mol. The van der Waals surface area contributed by atoms with Gasteiger partial charge in [-0.1, -0.05) is 12.1 Å². The minimum atomic E-state index is -0.269. The third-order valence-corrected chi connectivity index (χ3v) is 3.36. The van der Waals surface area contributed by atoms with Gasteiger partial charge in [-0.3, -0.25) is 4.79 Å². The number of carbonyl (C=O) groups is 1. The summed E-state index contributed by atoms with van der Waals surface area (Å²) < 4.78 is 18.6. The number of carbonyl (C=O) groups excluding carboxylic acids is 1. The van der Waals surface area contributed by atoms with Crippen LogP contribution in [0.15, 0.2) is 48.5 Å². The Morgan fingerprint density at radius 3 is 2.62 bits per heavy atom. The fourth-order valence-corrected chi connectivity index (χ4v) is 2.02. The monoisotopic (exact) mass is 285 g/mol. The first-order valence-electron chi connectivity index (χ1n) is 6.99. The molecule has 1 N–H and O–H groups in total. The molecule has 0 unspecified atom stereocenters. The molecule has 0 saturated heterocycles. The molecule has 0 spiro atoms. The first-order valence-corrected chi connectivity index (χ1v) is 6.99. The summed E-state index contributed by atoms with van der Waals surface area (Å²) in [6.45, 7) is 0.311. The van der Waals surface area contributed by atoms with Gasteiger partial charge in [0.1, 0.15) is 18.2 Å². The number of amides is 1. The van der Waals surface area contributed by atoms with Crippen LogP contribution in [0.4, 0.5) is 10.1 Å². The summed E-state index contributed by atoms with van der Waals surface area (Å²) >= 11 is 0. The van der Waals surface area contributed by atoms with Crippen molar-refractivity contribution in [3.8, 4) is 5.75 Å². The normalized spacial score (nSPS) is 13.8. The summed E-state index contributed by atoms with van der Waals surface area (Å²) in [6.07, 6.45) is 1.97. The second-order valence-corrected chi connectivity index (χ2v) is 5.21. The highest BCUT2D eigenvalue weighted by molar-refractivity contribution is 5.94. The van der Waals surface area contributed by atoms with Crippen molar-refractivity contribution in [2.75, 3.05) is 5.32 Å². The number of hydrogen-bond acceptors (Lipinski definition) is 2. The number of halogens is 1. The number of anilines is 1. The van der Waals surface area contributed by atoms with Crippen molar-refractivity contribution in [2.24, 2.45) is 5.92 Å². The molecule has 3 nitrogen and oxygen atoms in total. The molecule has 0 aromatic heterocycles. The van der Waals surface area contributed by atoms with E-state index in [-0.39, 0.29) is 17.6 Å². The molecule has 1 fully saturated rings. The van der Waals surface area contributed by atoms with Crippen molar-refractivity contribution in [1.29, 1.82) is 0 Å². The second-order valence-electron chi connectivity index (χ2n) is 5.21. The van der Waals surface area contributed by atoms with E-state index in [4.69, 9.17) is 4.74 Å². The maximum absolute atomic E-state index is 13.0. The molecule has 1 saturated carbocycles. The Balaban J connectivity index is 1.55. The van der Waals surface area contributed by atoms with E-state index in [2.05, 4.69) is 5.32 Å². The van der Waals surface area contributed by atoms with E-state index < -0.39 is 0 Å². The van der Waals surface area contributed by atoms with Crippen LogP contribution in [0, 0.1) is 11.7 Å². The molecule has 1 amide bonds. The number of rotatable bonds is 5. The van der Waals surface area contributed by atoms with Crippen LogP contribution < -0.4 is 10.1 Å². The molecule has 4 heteroatoms. The fourth-order valence-electron chi connectivity index (χ4n) is 2.02. The van der Waals surface area contributed by atoms with Crippen molar-refractivity contribution in [1.82, 2.24) is 0 Å². The molecule has 0 aliphatic heterocycles. The summed E-state index contributed by atoms with van der Waals surface area (Å²) in [4.78, 5) is 11.6. The van der Waals surface area contributed by atoms with Gasteiger partial charge in [0.15, 0.2) is 0 Å². The van der Waals surface area contributed by atoms with E-state index in [1.54, 1.807) is 30.3 Å². The topological polar surface area (TPSA) is 38.3 Å². The predicted octanol–water partition coefficient (Wildman–Crippen LogP) is 3.75. The SMILES string of the molecule is O=C(Nc1ccc(OCc2cccc(F)c2)cc1)C1CC1. The van der Waals surface area contributed by atoms with Crippen LogP contribution in [0.2, 0.25) is 0 Å². The third-order valence-electron chi connectivity index (χ3n) is 3.36. The van der Waals surface area contributed by atoms with E-state index in [1.807, 2.05) is 6.07 Å². The maximum atomic E-state index is 13.0. The Morgan fingerprint density at radius 2 is 1.95 bits per heavy atom. The lowest BCUT2D eigenvalue weighted by Crippen LogP contribution is -2.13. The van der Waals surface area contributed by atoms with E-state index in [9.17, 15) is 9.18 Å². The molecule has 0 bridgehead atoms. The largest absolute Gasteiger partial charge is 0.489 e. The van der Waals surface area contributed by atoms with E-state index >= 15 is 0 Å². The first-order chi connectivity index (χ1) is 10.2. The maximum Gasteiger partial charge on any atom is 0.227 e. The van der Waals surface area contributed by atoms with Crippen LogP contribution in [0.5, 0.6) is 5.75 Å². The Labute approximate surface area is 122 Å². The molecule has 108 valence electrons. The average Bonchev–Trinajstić information content (AvgIpc) is 3.31. The van der Waals surface area contributed by atoms with Crippen molar-refractivity contribution in [3.63, 3.8) is 0 Å². The molecular formula is C17H16FNO2. The number of benzene rings is 2. The number of nitrogens with one attached hydrogen (secondary N) is 1. The van der Waals surface area contributed by atoms with Gasteiger partial charge in [-0.25, -0.2) is 4.39 Å². The molecule has 0 atom stereocenters. The highest BCUT2D eigenvalue weighted by atomic mass is 19.1. The van der Waals surface area contributed by atoms with Gasteiger partial charge < -0.3 is 10.1 Å². The van der Waals surface area contributed by atoms with Crippen molar-refractivity contribution in [3.05, 3.63) is 59.9 Å². The van der Waals surface area contributed by atoms with Crippen molar-refractivity contribution in [2.45, 2.75) is 19.4 Å². The van der Waals surface area contributed by atoms with Crippen LogP contribution in [-0.2, 0) is 11.4 Å². The van der Waals surface area contributed by atoms with Gasteiger partial charge in [0.05, 0.1) is 0 Å². The van der Waals surface area contributed by atoms with Crippen LogP contribution in [0.1, 0.15) is 18.4 Å². The van der Waals surface area contributed by atoms with E-state index in [0.29, 0.717) is 12.4 Å². The number of hydrogen-bond donors (Lipinski definition) is 1. The van der Waals surface area contributed by atoms with Crippen LogP contribution >= 0.6 is 0 Å². The van der Waals surface area contributed by atoms with Crippen LogP contribution in [0.25, 0.3) is 0 Å². The van der Waals surface area contributed by atoms with Gasteiger partial charge in [0.25, 0.3) is 0 Å². The van der Waals surface area contributed by atoms with Crippen molar-refractivity contribution < 1.29 is 13.9 Å². The lowest BCUT2D eigenvalue weighted by atomic mass is 10.2.